The molecule has 1 saturated heterocycles. The highest BCUT2D eigenvalue weighted by atomic mass is 19.4. The predicted octanol–water partition coefficient (Wildman–Crippen LogP) is 4.63. The molecule has 0 spiro atoms. The number of piperidine rings is 1. The van der Waals surface area contributed by atoms with Crippen molar-refractivity contribution in [3.8, 4) is 17.4 Å². The third-order valence-electron chi connectivity index (χ3n) is 4.28. The monoisotopic (exact) mass is 382 g/mol. The Morgan fingerprint density at radius 3 is 2.33 bits per heavy atom. The van der Waals surface area contributed by atoms with Crippen molar-refractivity contribution in [1.29, 1.82) is 0 Å². The fourth-order valence-electron chi connectivity index (χ4n) is 3.00. The molecule has 3 rings (SSSR count). The largest absolute Gasteiger partial charge is 0.573 e. The smallest absolute Gasteiger partial charge is 0.465 e. The molecule has 1 N–H and O–H groups in total. The summed E-state index contributed by atoms with van der Waals surface area (Å²) in [7, 11) is 0. The summed E-state index contributed by atoms with van der Waals surface area (Å²) >= 11 is 0. The van der Waals surface area contributed by atoms with Gasteiger partial charge in [-0.15, -0.1) is 13.2 Å². The second kappa shape index (κ2) is 7.73. The van der Waals surface area contributed by atoms with Crippen LogP contribution in [-0.2, 0) is 0 Å². The summed E-state index contributed by atoms with van der Waals surface area (Å²) < 4.78 is 46.2. The van der Waals surface area contributed by atoms with Crippen molar-refractivity contribution in [3.63, 3.8) is 0 Å². The van der Waals surface area contributed by atoms with Crippen LogP contribution in [0.25, 0.3) is 0 Å². The van der Waals surface area contributed by atoms with E-state index in [1.54, 1.807) is 12.3 Å². The van der Waals surface area contributed by atoms with Gasteiger partial charge in [-0.25, -0.2) is 9.78 Å². The lowest BCUT2D eigenvalue weighted by Crippen LogP contribution is -2.36. The Kier molecular flexibility index (Phi) is 5.38. The van der Waals surface area contributed by atoms with Gasteiger partial charge in [0.15, 0.2) is 0 Å². The summed E-state index contributed by atoms with van der Waals surface area (Å²) in [5.41, 5.74) is 0.846. The van der Waals surface area contributed by atoms with E-state index in [0.717, 1.165) is 17.7 Å². The molecule has 0 atom stereocenters. The maximum Gasteiger partial charge on any atom is 0.573 e. The molecule has 1 amide bonds. The molecule has 1 aliphatic heterocycles. The number of halogens is 3. The van der Waals surface area contributed by atoms with Crippen LogP contribution in [0.1, 0.15) is 24.3 Å². The summed E-state index contributed by atoms with van der Waals surface area (Å²) in [5, 5.41) is 9.05. The van der Waals surface area contributed by atoms with Crippen molar-refractivity contribution in [2.75, 3.05) is 13.1 Å². The van der Waals surface area contributed by atoms with Crippen molar-refractivity contribution in [2.24, 2.45) is 0 Å². The maximum atomic E-state index is 12.2. The summed E-state index contributed by atoms with van der Waals surface area (Å²) in [4.78, 5) is 16.6. The standard InChI is InChI=1S/C18H17F3N2O4/c19-18(20,21)27-14-5-3-13(4-6-14)26-16-15(2-1-9-22-16)12-7-10-23(11-8-12)17(24)25/h1-6,9,12H,7-8,10-11H2,(H,24,25). The highest BCUT2D eigenvalue weighted by molar-refractivity contribution is 5.65. The Labute approximate surface area is 153 Å². The van der Waals surface area contributed by atoms with E-state index in [2.05, 4.69) is 9.72 Å². The van der Waals surface area contributed by atoms with Crippen molar-refractivity contribution < 1.29 is 32.5 Å². The summed E-state index contributed by atoms with van der Waals surface area (Å²) in [6, 6.07) is 8.70. The number of ether oxygens (including phenoxy) is 2. The molecule has 0 bridgehead atoms. The number of carbonyl (C=O) groups is 1. The normalized spacial score (nSPS) is 15.4. The molecule has 0 unspecified atom stereocenters. The average Bonchev–Trinajstić information content (AvgIpc) is 2.63. The Balaban J connectivity index is 1.70. The van der Waals surface area contributed by atoms with E-state index >= 15 is 0 Å². The molecule has 0 radical (unpaired) electrons. The Morgan fingerprint density at radius 2 is 1.74 bits per heavy atom. The minimum atomic E-state index is -4.75. The van der Waals surface area contributed by atoms with Crippen LogP contribution in [0.15, 0.2) is 42.6 Å². The van der Waals surface area contributed by atoms with E-state index in [9.17, 15) is 18.0 Å². The Hall–Kier alpha value is -2.97. The number of likely N-dealkylation sites (tertiary alicyclic amines) is 1. The van der Waals surface area contributed by atoms with Crippen LogP contribution in [0.5, 0.6) is 17.4 Å². The van der Waals surface area contributed by atoms with Gasteiger partial charge in [-0.05, 0) is 49.1 Å². The highest BCUT2D eigenvalue weighted by Gasteiger charge is 2.31. The molecule has 144 valence electrons. The molecule has 1 fully saturated rings. The minimum Gasteiger partial charge on any atom is -0.465 e. The SMILES string of the molecule is O=C(O)N1CCC(c2cccnc2Oc2ccc(OC(F)(F)F)cc2)CC1. The number of nitrogens with zero attached hydrogens (tertiary/aromatic N) is 2. The summed E-state index contributed by atoms with van der Waals surface area (Å²) in [6.07, 6.45) is -2.83. The van der Waals surface area contributed by atoms with Gasteiger partial charge in [0.2, 0.25) is 5.88 Å². The lowest BCUT2D eigenvalue weighted by atomic mass is 9.90. The number of hydrogen-bond donors (Lipinski definition) is 1. The number of amides is 1. The quantitative estimate of drug-likeness (QED) is 0.835. The van der Waals surface area contributed by atoms with Gasteiger partial charge in [-0.1, -0.05) is 6.07 Å². The molecule has 0 aliphatic carbocycles. The van der Waals surface area contributed by atoms with E-state index in [4.69, 9.17) is 9.84 Å². The first-order valence-electron chi connectivity index (χ1n) is 8.28. The van der Waals surface area contributed by atoms with Crippen molar-refractivity contribution in [2.45, 2.75) is 25.1 Å². The molecule has 27 heavy (non-hydrogen) atoms. The molecular formula is C18H17F3N2O4. The molecule has 1 aromatic carbocycles. The predicted molar refractivity (Wildman–Crippen MR) is 89.0 cm³/mol. The van der Waals surface area contributed by atoms with Gasteiger partial charge in [-0.2, -0.15) is 0 Å². The Bertz CT molecular complexity index is 788. The molecule has 1 aromatic heterocycles. The second-order valence-corrected chi connectivity index (χ2v) is 6.06. The molecule has 1 aliphatic rings. The molecule has 6 nitrogen and oxygen atoms in total. The fourth-order valence-corrected chi connectivity index (χ4v) is 3.00. The molecule has 2 heterocycles. The molecule has 9 heteroatoms. The van der Waals surface area contributed by atoms with E-state index < -0.39 is 12.5 Å². The van der Waals surface area contributed by atoms with Crippen molar-refractivity contribution >= 4 is 6.09 Å². The van der Waals surface area contributed by atoms with Crippen LogP contribution < -0.4 is 9.47 Å². The van der Waals surface area contributed by atoms with E-state index in [1.807, 2.05) is 6.07 Å². The lowest BCUT2D eigenvalue weighted by Gasteiger charge is -2.30. The topological polar surface area (TPSA) is 71.9 Å². The highest BCUT2D eigenvalue weighted by Crippen LogP contribution is 2.35. The Morgan fingerprint density at radius 1 is 1.11 bits per heavy atom. The van der Waals surface area contributed by atoms with Gasteiger partial charge in [0.1, 0.15) is 11.5 Å². The first-order chi connectivity index (χ1) is 12.8. The van der Waals surface area contributed by atoms with Gasteiger partial charge >= 0.3 is 12.5 Å². The number of rotatable bonds is 4. The van der Waals surface area contributed by atoms with Crippen molar-refractivity contribution in [3.05, 3.63) is 48.2 Å². The van der Waals surface area contributed by atoms with Crippen LogP contribution in [0.3, 0.4) is 0 Å². The molecule has 0 saturated carbocycles. The van der Waals surface area contributed by atoms with Crippen LogP contribution in [-0.4, -0.2) is 40.5 Å². The summed E-state index contributed by atoms with van der Waals surface area (Å²) in [6.45, 7) is 0.857. The van der Waals surface area contributed by atoms with Gasteiger partial charge in [0.05, 0.1) is 0 Å². The molecule has 2 aromatic rings. The number of carboxylic acid groups (broad SMARTS) is 1. The fraction of sp³-hybridized carbons (Fsp3) is 0.333. The number of alkyl halides is 3. The zero-order valence-corrected chi connectivity index (χ0v) is 14.1. The zero-order valence-electron chi connectivity index (χ0n) is 14.1. The van der Waals surface area contributed by atoms with Crippen LogP contribution in [0, 0.1) is 0 Å². The third kappa shape index (κ3) is 5.02. The number of aromatic nitrogens is 1. The van der Waals surface area contributed by atoms with Crippen molar-refractivity contribution in [1.82, 2.24) is 9.88 Å². The lowest BCUT2D eigenvalue weighted by molar-refractivity contribution is -0.274. The van der Waals surface area contributed by atoms with Gasteiger partial charge in [-0.3, -0.25) is 0 Å². The third-order valence-corrected chi connectivity index (χ3v) is 4.28. The average molecular weight is 382 g/mol. The molecular weight excluding hydrogens is 365 g/mol. The second-order valence-electron chi connectivity index (χ2n) is 6.06. The van der Waals surface area contributed by atoms with Crippen LogP contribution in [0.2, 0.25) is 0 Å². The number of benzene rings is 1. The number of pyridine rings is 1. The van der Waals surface area contributed by atoms with Gasteiger partial charge < -0.3 is 19.5 Å². The maximum absolute atomic E-state index is 12.2. The van der Waals surface area contributed by atoms with E-state index in [-0.39, 0.29) is 11.7 Å². The van der Waals surface area contributed by atoms with Gasteiger partial charge in [0.25, 0.3) is 0 Å². The first-order valence-corrected chi connectivity index (χ1v) is 8.28. The minimum absolute atomic E-state index is 0.0946. The summed E-state index contributed by atoms with van der Waals surface area (Å²) in [5.74, 6) is 0.442. The van der Waals surface area contributed by atoms with E-state index in [0.29, 0.717) is 37.6 Å². The zero-order chi connectivity index (χ0) is 19.4. The number of hydrogen-bond acceptors (Lipinski definition) is 4. The first kappa shape index (κ1) is 18.8. The van der Waals surface area contributed by atoms with Crippen LogP contribution >= 0.6 is 0 Å². The van der Waals surface area contributed by atoms with E-state index in [1.165, 1.54) is 17.0 Å². The van der Waals surface area contributed by atoms with Gasteiger partial charge in [0, 0.05) is 24.8 Å². The van der Waals surface area contributed by atoms with Crippen LogP contribution in [0.4, 0.5) is 18.0 Å².